The van der Waals surface area contributed by atoms with Crippen LogP contribution >= 0.6 is 22.3 Å². The SMILES string of the molecule is Cc1cc(C(=O)N(C)C2CCOC2)cc(S(=O)(=O)Cl)c1Cl. The molecule has 1 aromatic carbocycles. The van der Waals surface area contributed by atoms with E-state index in [1.54, 1.807) is 24.9 Å². The van der Waals surface area contributed by atoms with E-state index in [0.717, 1.165) is 6.42 Å². The average Bonchev–Trinajstić information content (AvgIpc) is 2.92. The van der Waals surface area contributed by atoms with Gasteiger partial charge >= 0.3 is 0 Å². The van der Waals surface area contributed by atoms with E-state index < -0.39 is 9.05 Å². The summed E-state index contributed by atoms with van der Waals surface area (Å²) in [5.41, 5.74) is 0.725. The minimum Gasteiger partial charge on any atom is -0.379 e. The fourth-order valence-corrected chi connectivity index (χ4v) is 3.78. The number of rotatable bonds is 3. The first-order chi connectivity index (χ1) is 9.71. The first kappa shape index (κ1) is 16.5. The molecule has 8 heteroatoms. The normalized spacial score (nSPS) is 18.8. The Hall–Kier alpha value is -0.820. The molecule has 21 heavy (non-hydrogen) atoms. The number of hydrogen-bond acceptors (Lipinski definition) is 4. The Labute approximate surface area is 133 Å². The van der Waals surface area contributed by atoms with E-state index in [9.17, 15) is 13.2 Å². The molecule has 1 atom stereocenters. The molecular formula is C13H15Cl2NO4S. The zero-order valence-corrected chi connectivity index (χ0v) is 13.9. The molecule has 0 saturated carbocycles. The number of ether oxygens (including phenoxy) is 1. The Morgan fingerprint density at radius 3 is 2.62 bits per heavy atom. The maximum Gasteiger partial charge on any atom is 0.262 e. The molecule has 2 rings (SSSR count). The number of benzene rings is 1. The fourth-order valence-electron chi connectivity index (χ4n) is 2.24. The highest BCUT2D eigenvalue weighted by Crippen LogP contribution is 2.30. The quantitative estimate of drug-likeness (QED) is 0.784. The summed E-state index contributed by atoms with van der Waals surface area (Å²) >= 11 is 5.95. The van der Waals surface area contributed by atoms with Gasteiger partial charge < -0.3 is 9.64 Å². The van der Waals surface area contributed by atoms with E-state index >= 15 is 0 Å². The lowest BCUT2D eigenvalue weighted by atomic mass is 10.1. The van der Waals surface area contributed by atoms with Crippen LogP contribution in [0.5, 0.6) is 0 Å². The van der Waals surface area contributed by atoms with E-state index in [0.29, 0.717) is 18.8 Å². The van der Waals surface area contributed by atoms with Crippen LogP contribution in [0.15, 0.2) is 17.0 Å². The molecule has 5 nitrogen and oxygen atoms in total. The molecule has 1 fully saturated rings. The lowest BCUT2D eigenvalue weighted by Gasteiger charge is -2.23. The third kappa shape index (κ3) is 3.51. The highest BCUT2D eigenvalue weighted by atomic mass is 35.7. The third-order valence-electron chi connectivity index (χ3n) is 3.50. The molecule has 0 N–H and O–H groups in total. The minimum atomic E-state index is -4.01. The van der Waals surface area contributed by atoms with Crippen LogP contribution in [0, 0.1) is 6.92 Å². The number of nitrogens with zero attached hydrogens (tertiary/aromatic N) is 1. The van der Waals surface area contributed by atoms with Crippen molar-refractivity contribution in [2.45, 2.75) is 24.3 Å². The van der Waals surface area contributed by atoms with Gasteiger partial charge in [-0.1, -0.05) is 11.6 Å². The summed E-state index contributed by atoms with van der Waals surface area (Å²) in [4.78, 5) is 13.8. The molecule has 1 saturated heterocycles. The van der Waals surface area contributed by atoms with Crippen LogP contribution in [0.2, 0.25) is 5.02 Å². The van der Waals surface area contributed by atoms with Crippen molar-refractivity contribution in [2.24, 2.45) is 0 Å². The van der Waals surface area contributed by atoms with E-state index in [1.165, 1.54) is 6.07 Å². The van der Waals surface area contributed by atoms with Crippen molar-refractivity contribution in [2.75, 3.05) is 20.3 Å². The first-order valence-electron chi connectivity index (χ1n) is 6.31. The fraction of sp³-hybridized carbons (Fsp3) is 0.462. The number of likely N-dealkylation sites (N-methyl/N-ethyl adjacent to an activating group) is 1. The molecule has 0 bridgehead atoms. The lowest BCUT2D eigenvalue weighted by molar-refractivity contribution is 0.0711. The van der Waals surface area contributed by atoms with Gasteiger partial charge in [0.1, 0.15) is 4.90 Å². The van der Waals surface area contributed by atoms with Crippen LogP contribution < -0.4 is 0 Å². The van der Waals surface area contributed by atoms with Crippen LogP contribution in [0.3, 0.4) is 0 Å². The van der Waals surface area contributed by atoms with Gasteiger partial charge in [0.2, 0.25) is 0 Å². The molecule has 0 radical (unpaired) electrons. The molecule has 116 valence electrons. The topological polar surface area (TPSA) is 63.7 Å². The second-order valence-electron chi connectivity index (χ2n) is 4.98. The highest BCUT2D eigenvalue weighted by Gasteiger charge is 2.27. The Kier molecular flexibility index (Phi) is 4.82. The largest absolute Gasteiger partial charge is 0.379 e. The number of hydrogen-bond donors (Lipinski definition) is 0. The zero-order valence-electron chi connectivity index (χ0n) is 11.6. The summed E-state index contributed by atoms with van der Waals surface area (Å²) in [5.74, 6) is -0.285. The van der Waals surface area contributed by atoms with Crippen molar-refractivity contribution in [1.82, 2.24) is 4.90 Å². The van der Waals surface area contributed by atoms with E-state index in [2.05, 4.69) is 0 Å². The predicted molar refractivity (Wildman–Crippen MR) is 80.5 cm³/mol. The molecule has 0 aliphatic carbocycles. The monoisotopic (exact) mass is 351 g/mol. The van der Waals surface area contributed by atoms with Gasteiger partial charge in [-0.25, -0.2) is 8.42 Å². The smallest absolute Gasteiger partial charge is 0.262 e. The number of carbonyl (C=O) groups excluding carboxylic acids is 1. The van der Waals surface area contributed by atoms with Crippen molar-refractivity contribution in [3.63, 3.8) is 0 Å². The van der Waals surface area contributed by atoms with Gasteiger partial charge in [-0.15, -0.1) is 0 Å². The molecule has 1 aliphatic heterocycles. The van der Waals surface area contributed by atoms with Gasteiger partial charge in [0.25, 0.3) is 15.0 Å². The summed E-state index contributed by atoms with van der Waals surface area (Å²) in [6.45, 7) is 2.72. The average molecular weight is 352 g/mol. The number of amides is 1. The molecule has 0 aromatic heterocycles. The minimum absolute atomic E-state index is 0.00968. The number of halogens is 2. The molecule has 1 aromatic rings. The standard InChI is InChI=1S/C13H15Cl2NO4S/c1-8-5-9(6-11(12(8)14)21(15,18)19)13(17)16(2)10-3-4-20-7-10/h5-6,10H,3-4,7H2,1-2H3. The highest BCUT2D eigenvalue weighted by molar-refractivity contribution is 8.13. The Morgan fingerprint density at radius 1 is 1.43 bits per heavy atom. The Bertz CT molecular complexity index is 669. The first-order valence-corrected chi connectivity index (χ1v) is 9.00. The number of carbonyl (C=O) groups is 1. The predicted octanol–water partition coefficient (Wildman–Crippen LogP) is 2.44. The van der Waals surface area contributed by atoms with Crippen LogP contribution in [0.1, 0.15) is 22.3 Å². The van der Waals surface area contributed by atoms with Crippen LogP contribution in [-0.4, -0.2) is 45.5 Å². The maximum atomic E-state index is 12.5. The molecule has 1 unspecified atom stereocenters. The second-order valence-corrected chi connectivity index (χ2v) is 7.89. The van der Waals surface area contributed by atoms with Gasteiger partial charge in [0.15, 0.2) is 0 Å². The Balaban J connectivity index is 2.40. The van der Waals surface area contributed by atoms with Crippen molar-refractivity contribution in [3.05, 3.63) is 28.3 Å². The van der Waals surface area contributed by atoms with Crippen molar-refractivity contribution >= 4 is 37.2 Å². The summed E-state index contributed by atoms with van der Waals surface area (Å²) < 4.78 is 28.3. The molecule has 1 heterocycles. The van der Waals surface area contributed by atoms with E-state index in [4.69, 9.17) is 27.0 Å². The van der Waals surface area contributed by atoms with Crippen LogP contribution in [0.25, 0.3) is 0 Å². The van der Waals surface area contributed by atoms with E-state index in [1.807, 2.05) is 0 Å². The number of aryl methyl sites for hydroxylation is 1. The van der Waals surface area contributed by atoms with Crippen LogP contribution in [0.4, 0.5) is 0 Å². The van der Waals surface area contributed by atoms with Gasteiger partial charge in [0, 0.05) is 29.9 Å². The maximum absolute atomic E-state index is 12.5. The van der Waals surface area contributed by atoms with Crippen LogP contribution in [-0.2, 0) is 13.8 Å². The molecular weight excluding hydrogens is 337 g/mol. The molecule has 0 spiro atoms. The third-order valence-corrected chi connectivity index (χ3v) is 5.46. The summed E-state index contributed by atoms with van der Waals surface area (Å²) in [6.07, 6.45) is 0.759. The Morgan fingerprint density at radius 2 is 2.10 bits per heavy atom. The zero-order chi connectivity index (χ0) is 15.8. The summed E-state index contributed by atoms with van der Waals surface area (Å²) in [7, 11) is 3.02. The molecule has 1 amide bonds. The van der Waals surface area contributed by atoms with Crippen molar-refractivity contribution in [1.29, 1.82) is 0 Å². The summed E-state index contributed by atoms with van der Waals surface area (Å²) in [5, 5.41) is 0.0356. The van der Waals surface area contributed by atoms with Gasteiger partial charge in [-0.05, 0) is 31.0 Å². The van der Waals surface area contributed by atoms with Crippen molar-refractivity contribution < 1.29 is 17.9 Å². The lowest BCUT2D eigenvalue weighted by Crippen LogP contribution is -2.37. The molecule has 1 aliphatic rings. The summed E-state index contributed by atoms with van der Waals surface area (Å²) in [6, 6.07) is 2.76. The van der Waals surface area contributed by atoms with Gasteiger partial charge in [-0.2, -0.15) is 0 Å². The second kappa shape index (κ2) is 6.12. The van der Waals surface area contributed by atoms with Gasteiger partial charge in [0.05, 0.1) is 17.7 Å². The van der Waals surface area contributed by atoms with Crippen molar-refractivity contribution in [3.8, 4) is 0 Å². The van der Waals surface area contributed by atoms with Gasteiger partial charge in [-0.3, -0.25) is 4.79 Å². The van der Waals surface area contributed by atoms with E-state index in [-0.39, 0.29) is 27.4 Å².